The van der Waals surface area contributed by atoms with Gasteiger partial charge in [0, 0.05) is 55.4 Å². The Bertz CT molecular complexity index is 6850. The largest absolute Gasteiger partial charge is 0.456 e. The molecule has 2 aliphatic heterocycles. The Morgan fingerprint density at radius 2 is 0.617 bits per heavy atom. The number of nitrogens with zero attached hydrogens (tertiary/aromatic N) is 2. The molecule has 0 amide bonds. The van der Waals surface area contributed by atoms with Crippen LogP contribution in [0.1, 0.15) is 44.5 Å². The first-order valence-corrected chi connectivity index (χ1v) is 42.4. The maximum absolute atomic E-state index is 6.94. The SMILES string of the molecule is c1ccc([Si]2(c3ccc4oc5ccc(N(c6ccc7c(c6)C6(c8ccccc8-c8ccccc86)c6cc(N(c8ccc9ccccc9c8)c8ccc9oc%10ccc([Si]%11(c%12ccccc%12)Cc%12ccccc%12C%11)cc%10c9c8)c8ccccc8c6-7)c6ccc7ccccc7c6)cc5c4c3)Cc3ccccc3C2)cc1. The van der Waals surface area contributed by atoms with Gasteiger partial charge >= 0.3 is 0 Å². The van der Waals surface area contributed by atoms with Gasteiger partial charge in [0.25, 0.3) is 0 Å². The van der Waals surface area contributed by atoms with Gasteiger partial charge in [0.05, 0.1) is 11.1 Å². The van der Waals surface area contributed by atoms with E-state index >= 15 is 0 Å². The molecule has 4 heterocycles. The second-order valence-electron chi connectivity index (χ2n) is 30.3. The quantitative estimate of drug-likeness (QED) is 0.128. The summed E-state index contributed by atoms with van der Waals surface area (Å²) in [6.45, 7) is 0. The molecule has 1 spiro atoms. The predicted molar refractivity (Wildman–Crippen MR) is 450 cm³/mol. The number of hydrogen-bond donors (Lipinski definition) is 0. The van der Waals surface area contributed by atoms with E-state index in [9.17, 15) is 0 Å². The van der Waals surface area contributed by atoms with E-state index in [-0.39, 0.29) is 0 Å². The summed E-state index contributed by atoms with van der Waals surface area (Å²) >= 11 is 0. The van der Waals surface area contributed by atoms with Crippen LogP contribution in [0.2, 0.25) is 0 Å². The highest BCUT2D eigenvalue weighted by molar-refractivity contribution is 7.02. The summed E-state index contributed by atoms with van der Waals surface area (Å²) in [5.41, 5.74) is 25.2. The number of rotatable bonds is 10. The van der Waals surface area contributed by atoms with Gasteiger partial charge in [-0.25, -0.2) is 0 Å². The molecule has 4 aliphatic rings. The minimum Gasteiger partial charge on any atom is -0.456 e. The minimum atomic E-state index is -2.32. The normalized spacial score (nSPS) is 14.6. The summed E-state index contributed by atoms with van der Waals surface area (Å²) in [5.74, 6) is 0. The van der Waals surface area contributed by atoms with E-state index in [0.29, 0.717) is 0 Å². The lowest BCUT2D eigenvalue weighted by Gasteiger charge is -2.34. The molecule has 0 radical (unpaired) electrons. The molecule has 4 nitrogen and oxygen atoms in total. The Morgan fingerprint density at radius 1 is 0.234 bits per heavy atom. The van der Waals surface area contributed by atoms with Gasteiger partial charge in [0.2, 0.25) is 0 Å². The molecule has 502 valence electrons. The van der Waals surface area contributed by atoms with Crippen LogP contribution in [-0.4, -0.2) is 16.1 Å². The maximum Gasteiger partial charge on any atom is 0.135 e. The van der Waals surface area contributed by atoms with Crippen molar-refractivity contribution in [3.63, 3.8) is 0 Å². The molecule has 0 saturated carbocycles. The van der Waals surface area contributed by atoms with Crippen molar-refractivity contribution in [1.29, 1.82) is 0 Å². The van der Waals surface area contributed by atoms with E-state index < -0.39 is 21.6 Å². The van der Waals surface area contributed by atoms with Crippen LogP contribution < -0.4 is 30.5 Å². The van der Waals surface area contributed by atoms with Crippen LogP contribution in [0.5, 0.6) is 0 Å². The third-order valence-electron chi connectivity index (χ3n) is 24.9. The zero-order chi connectivity index (χ0) is 70.1. The van der Waals surface area contributed by atoms with Gasteiger partial charge in [0.15, 0.2) is 0 Å². The molecule has 6 heteroatoms. The van der Waals surface area contributed by atoms with Gasteiger partial charge in [-0.05, 0) is 209 Å². The average molecular weight is 1400 g/mol. The Hall–Kier alpha value is -12.8. The first-order chi connectivity index (χ1) is 52.9. The van der Waals surface area contributed by atoms with Crippen LogP contribution in [0.15, 0.2) is 373 Å². The number of fused-ring (bicyclic) bond motifs is 22. The molecular formula is C101H68N2O2Si2. The smallest absolute Gasteiger partial charge is 0.135 e. The van der Waals surface area contributed by atoms with Crippen LogP contribution in [0.25, 0.3) is 98.4 Å². The van der Waals surface area contributed by atoms with Crippen molar-refractivity contribution < 1.29 is 8.83 Å². The monoisotopic (exact) mass is 1400 g/mol. The molecule has 0 bridgehead atoms. The fourth-order valence-corrected chi connectivity index (χ4v) is 29.9. The lowest BCUT2D eigenvalue weighted by atomic mass is 9.70. The zero-order valence-electron chi connectivity index (χ0n) is 58.7. The van der Waals surface area contributed by atoms with E-state index in [1.54, 1.807) is 0 Å². The van der Waals surface area contributed by atoms with Crippen LogP contribution in [0, 0.1) is 0 Å². The molecule has 2 aliphatic carbocycles. The number of anilines is 6. The molecule has 0 fully saturated rings. The molecule has 107 heavy (non-hydrogen) atoms. The second-order valence-corrected chi connectivity index (χ2v) is 38.3. The van der Waals surface area contributed by atoms with Crippen molar-refractivity contribution in [2.75, 3.05) is 9.80 Å². The van der Waals surface area contributed by atoms with Crippen molar-refractivity contribution in [1.82, 2.24) is 0 Å². The first kappa shape index (κ1) is 60.6. The summed E-state index contributed by atoms with van der Waals surface area (Å²) in [6.07, 6.45) is 0. The van der Waals surface area contributed by atoms with Crippen LogP contribution in [-0.2, 0) is 29.6 Å². The van der Waals surface area contributed by atoms with Gasteiger partial charge in [0.1, 0.15) is 38.5 Å². The molecular weight excluding hydrogens is 1330 g/mol. The van der Waals surface area contributed by atoms with Gasteiger partial charge in [-0.1, -0.05) is 294 Å². The number of furan rings is 2. The topological polar surface area (TPSA) is 32.8 Å². The molecule has 17 aromatic carbocycles. The minimum absolute atomic E-state index is 0.754. The highest BCUT2D eigenvalue weighted by Crippen LogP contribution is 2.66. The maximum atomic E-state index is 6.94. The predicted octanol–water partition coefficient (Wildman–Crippen LogP) is 23.1. The first-order valence-electron chi connectivity index (χ1n) is 37.6. The summed E-state index contributed by atoms with van der Waals surface area (Å²) < 4.78 is 13.9. The van der Waals surface area contributed by atoms with Crippen LogP contribution in [0.3, 0.4) is 0 Å². The van der Waals surface area contributed by atoms with E-state index in [0.717, 1.165) is 102 Å². The fourth-order valence-electron chi connectivity index (χ4n) is 20.1. The van der Waals surface area contributed by atoms with Gasteiger partial charge in [-0.2, -0.15) is 0 Å². The molecule has 2 aromatic heterocycles. The third kappa shape index (κ3) is 8.88. The molecule has 0 N–H and O–H groups in total. The number of hydrogen-bond acceptors (Lipinski definition) is 4. The zero-order valence-corrected chi connectivity index (χ0v) is 60.7. The van der Waals surface area contributed by atoms with Gasteiger partial charge in [-0.15, -0.1) is 0 Å². The number of benzene rings is 17. The molecule has 0 saturated heterocycles. The van der Waals surface area contributed by atoms with E-state index in [4.69, 9.17) is 8.83 Å². The fraction of sp³-hybridized carbons (Fsp3) is 0.0495. The highest BCUT2D eigenvalue weighted by Gasteiger charge is 2.53. The molecule has 19 aromatic rings. The Balaban J connectivity index is 0.740. The summed E-state index contributed by atoms with van der Waals surface area (Å²) in [6, 6.07) is 143. The third-order valence-corrected chi connectivity index (χ3v) is 34.6. The summed E-state index contributed by atoms with van der Waals surface area (Å²) in [4.78, 5) is 5.06. The van der Waals surface area contributed by atoms with Crippen molar-refractivity contribution in [3.05, 3.63) is 408 Å². The van der Waals surface area contributed by atoms with Crippen molar-refractivity contribution >= 4 is 147 Å². The Labute approximate surface area is 622 Å². The van der Waals surface area contributed by atoms with E-state index in [2.05, 4.69) is 374 Å². The molecule has 0 atom stereocenters. The van der Waals surface area contributed by atoms with E-state index in [1.807, 2.05) is 0 Å². The highest BCUT2D eigenvalue weighted by atomic mass is 28.3. The Kier molecular flexibility index (Phi) is 13.1. The van der Waals surface area contributed by atoms with Gasteiger partial charge < -0.3 is 18.6 Å². The second kappa shape index (κ2) is 23.1. The standard InChI is InChI=1S/C101H68N2O2Si2/c1-3-29-78(30-4-1)106(61-69-25-11-12-26-70(69)62-106)80-46-51-98-89(58-80)87-55-75(44-49-96(87)104-98)102(73-41-39-65-21-7-9-23-67(65)53-73)77-43-48-86-93(57-77)101(91-37-19-17-33-82(91)83-34-18-20-38-92(83)101)94-60-95(84-35-15-16-36-85(84)100(86)94)103(74-42-40-66-22-8-10-24-68(66)54-74)76-45-50-97-88(56-76)90-59-81(47-52-99(90)105-97)107(79-31-5-2-6-32-79)63-71-27-13-14-28-72(71)64-107/h1-60H,61-64H2. The van der Waals surface area contributed by atoms with Crippen LogP contribution in [0.4, 0.5) is 34.1 Å². The van der Waals surface area contributed by atoms with Crippen molar-refractivity contribution in [2.45, 2.75) is 29.6 Å². The van der Waals surface area contributed by atoms with E-state index in [1.165, 1.54) is 120 Å². The lowest BCUT2D eigenvalue weighted by molar-refractivity contribution is 0.668. The van der Waals surface area contributed by atoms with Gasteiger partial charge in [-0.3, -0.25) is 0 Å². The summed E-state index contributed by atoms with van der Waals surface area (Å²) in [7, 11) is -4.63. The lowest BCUT2D eigenvalue weighted by Crippen LogP contribution is -2.60. The summed E-state index contributed by atoms with van der Waals surface area (Å²) in [5, 5.41) is 17.5. The van der Waals surface area contributed by atoms with Crippen molar-refractivity contribution in [3.8, 4) is 22.3 Å². The van der Waals surface area contributed by atoms with Crippen LogP contribution >= 0.6 is 0 Å². The molecule has 23 rings (SSSR count). The Morgan fingerprint density at radius 3 is 1.14 bits per heavy atom. The molecule has 0 unspecified atom stereocenters. The average Bonchev–Trinajstić information content (AvgIpc) is 1.50. The van der Waals surface area contributed by atoms with Crippen molar-refractivity contribution in [2.24, 2.45) is 0 Å².